The van der Waals surface area contributed by atoms with Crippen molar-refractivity contribution in [2.75, 3.05) is 0 Å². The van der Waals surface area contributed by atoms with Crippen LogP contribution in [0.4, 0.5) is 4.79 Å². The molecule has 28 heavy (non-hydrogen) atoms. The van der Waals surface area contributed by atoms with Crippen molar-refractivity contribution in [1.82, 2.24) is 10.2 Å². The smallest absolute Gasteiger partial charge is 0.319 e. The molecular formula is C23H27ClN2O2. The molecule has 0 saturated carbocycles. The van der Waals surface area contributed by atoms with Crippen molar-refractivity contribution in [3.8, 4) is 0 Å². The number of hydrogen-bond acceptors (Lipinski definition) is 2. The summed E-state index contributed by atoms with van der Waals surface area (Å²) in [7, 11) is 0. The van der Waals surface area contributed by atoms with Crippen LogP contribution in [0.3, 0.4) is 0 Å². The Morgan fingerprint density at radius 2 is 1.57 bits per heavy atom. The SMILES string of the molecule is Cc1cc(C(C)(C)C)cc(C)c1CN1C(=O)NC(C)(c2ccc(Cl)cc2)C1=O. The topological polar surface area (TPSA) is 49.4 Å². The van der Waals surface area contributed by atoms with Crippen molar-refractivity contribution in [3.05, 3.63) is 69.2 Å². The van der Waals surface area contributed by atoms with Gasteiger partial charge in [0.2, 0.25) is 0 Å². The van der Waals surface area contributed by atoms with Crippen LogP contribution in [0.1, 0.15) is 55.5 Å². The summed E-state index contributed by atoms with van der Waals surface area (Å²) in [5.41, 5.74) is 4.11. The Bertz CT molecular complexity index is 921. The standard InChI is InChI=1S/C23H27ClN2O2/c1-14-11-17(22(3,4)5)12-15(2)19(14)13-26-20(27)23(6,25-21(26)28)16-7-9-18(24)10-8-16/h7-12H,13H2,1-6H3,(H,25,28). The zero-order valence-corrected chi connectivity index (χ0v) is 18.1. The van der Waals surface area contributed by atoms with E-state index in [1.807, 2.05) is 13.8 Å². The van der Waals surface area contributed by atoms with Crippen molar-refractivity contribution in [3.63, 3.8) is 0 Å². The first-order chi connectivity index (χ1) is 12.9. The number of aryl methyl sites for hydroxylation is 2. The van der Waals surface area contributed by atoms with Crippen molar-refractivity contribution in [1.29, 1.82) is 0 Å². The number of benzene rings is 2. The van der Waals surface area contributed by atoms with E-state index in [9.17, 15) is 9.59 Å². The fraction of sp³-hybridized carbons (Fsp3) is 0.391. The van der Waals surface area contributed by atoms with Gasteiger partial charge in [-0.05, 0) is 66.1 Å². The lowest BCUT2D eigenvalue weighted by atomic mass is 9.83. The number of hydrogen-bond donors (Lipinski definition) is 1. The van der Waals surface area contributed by atoms with Gasteiger partial charge in [-0.2, -0.15) is 0 Å². The first-order valence-electron chi connectivity index (χ1n) is 9.44. The summed E-state index contributed by atoms with van der Waals surface area (Å²) in [6.07, 6.45) is 0. The van der Waals surface area contributed by atoms with Gasteiger partial charge in [0.15, 0.2) is 0 Å². The third kappa shape index (κ3) is 3.53. The molecule has 0 aliphatic carbocycles. The average molecular weight is 399 g/mol. The second-order valence-corrected chi connectivity index (χ2v) is 9.23. The quantitative estimate of drug-likeness (QED) is 0.720. The summed E-state index contributed by atoms with van der Waals surface area (Å²) in [6.45, 7) is 12.6. The molecule has 4 nitrogen and oxygen atoms in total. The molecule has 1 aliphatic heterocycles. The molecule has 1 saturated heterocycles. The maximum Gasteiger partial charge on any atom is 0.325 e. The van der Waals surface area contributed by atoms with Gasteiger partial charge in [-0.25, -0.2) is 4.79 Å². The Morgan fingerprint density at radius 3 is 2.07 bits per heavy atom. The summed E-state index contributed by atoms with van der Waals surface area (Å²) >= 11 is 5.96. The van der Waals surface area contributed by atoms with Gasteiger partial charge in [-0.15, -0.1) is 0 Å². The minimum absolute atomic E-state index is 0.0437. The van der Waals surface area contributed by atoms with E-state index in [0.717, 1.165) is 16.7 Å². The molecule has 0 radical (unpaired) electrons. The van der Waals surface area contributed by atoms with Crippen LogP contribution < -0.4 is 5.32 Å². The normalized spacial score (nSPS) is 19.9. The van der Waals surface area contributed by atoms with Gasteiger partial charge in [-0.3, -0.25) is 9.69 Å². The third-order valence-electron chi connectivity index (χ3n) is 5.57. The number of rotatable bonds is 3. The second kappa shape index (κ2) is 6.93. The number of nitrogens with one attached hydrogen (secondary N) is 1. The number of urea groups is 1. The van der Waals surface area contributed by atoms with E-state index in [0.29, 0.717) is 10.6 Å². The van der Waals surface area contributed by atoms with Crippen LogP contribution in [-0.4, -0.2) is 16.8 Å². The van der Waals surface area contributed by atoms with Gasteiger partial charge in [0.25, 0.3) is 5.91 Å². The molecule has 148 valence electrons. The first kappa shape index (κ1) is 20.4. The third-order valence-corrected chi connectivity index (χ3v) is 5.83. The second-order valence-electron chi connectivity index (χ2n) is 8.79. The van der Waals surface area contributed by atoms with Crippen molar-refractivity contribution in [2.24, 2.45) is 0 Å². The highest BCUT2D eigenvalue weighted by Crippen LogP contribution is 2.32. The average Bonchev–Trinajstić information content (AvgIpc) is 2.81. The van der Waals surface area contributed by atoms with E-state index in [1.165, 1.54) is 10.5 Å². The summed E-state index contributed by atoms with van der Waals surface area (Å²) < 4.78 is 0. The minimum Gasteiger partial charge on any atom is -0.319 e. The Hall–Kier alpha value is -2.33. The summed E-state index contributed by atoms with van der Waals surface area (Å²) in [5.74, 6) is -0.251. The van der Waals surface area contributed by atoms with Crippen LogP contribution in [-0.2, 0) is 22.3 Å². The van der Waals surface area contributed by atoms with E-state index in [1.54, 1.807) is 31.2 Å². The number of carbonyl (C=O) groups excluding carboxylic acids is 2. The zero-order valence-electron chi connectivity index (χ0n) is 17.3. The molecule has 1 atom stereocenters. The van der Waals surface area contributed by atoms with Gasteiger partial charge < -0.3 is 5.32 Å². The van der Waals surface area contributed by atoms with E-state index in [-0.39, 0.29) is 23.9 Å². The lowest BCUT2D eigenvalue weighted by Crippen LogP contribution is -2.40. The molecule has 1 unspecified atom stereocenters. The Morgan fingerprint density at radius 1 is 1.04 bits per heavy atom. The van der Waals surface area contributed by atoms with Crippen LogP contribution in [0.15, 0.2) is 36.4 Å². The lowest BCUT2D eigenvalue weighted by molar-refractivity contribution is -0.131. The number of imide groups is 1. The van der Waals surface area contributed by atoms with Crippen LogP contribution in [0.5, 0.6) is 0 Å². The number of carbonyl (C=O) groups is 2. The molecule has 0 bridgehead atoms. The molecule has 5 heteroatoms. The maximum atomic E-state index is 13.2. The highest BCUT2D eigenvalue weighted by molar-refractivity contribution is 6.30. The molecule has 1 fully saturated rings. The van der Waals surface area contributed by atoms with E-state index in [4.69, 9.17) is 11.6 Å². The van der Waals surface area contributed by atoms with E-state index < -0.39 is 5.54 Å². The molecule has 0 spiro atoms. The largest absolute Gasteiger partial charge is 0.325 e. The molecule has 2 aromatic carbocycles. The molecule has 1 aliphatic rings. The fourth-order valence-electron chi connectivity index (χ4n) is 3.65. The predicted molar refractivity (Wildman–Crippen MR) is 113 cm³/mol. The van der Waals surface area contributed by atoms with Crippen molar-refractivity contribution < 1.29 is 9.59 Å². The van der Waals surface area contributed by atoms with Gasteiger partial charge >= 0.3 is 6.03 Å². The van der Waals surface area contributed by atoms with E-state index in [2.05, 4.69) is 38.2 Å². The first-order valence-corrected chi connectivity index (χ1v) is 9.82. The molecule has 0 aromatic heterocycles. The Balaban J connectivity index is 1.93. The molecule has 1 heterocycles. The monoisotopic (exact) mass is 398 g/mol. The lowest BCUT2D eigenvalue weighted by Gasteiger charge is -2.25. The number of nitrogens with zero attached hydrogens (tertiary/aromatic N) is 1. The van der Waals surface area contributed by atoms with Gasteiger partial charge in [0, 0.05) is 5.02 Å². The van der Waals surface area contributed by atoms with Crippen LogP contribution >= 0.6 is 11.6 Å². The Labute approximate surface area is 171 Å². The summed E-state index contributed by atoms with van der Waals surface area (Å²) in [4.78, 5) is 27.2. The van der Waals surface area contributed by atoms with Crippen molar-refractivity contribution in [2.45, 2.75) is 59.0 Å². The molecule has 1 N–H and O–H groups in total. The highest BCUT2D eigenvalue weighted by Gasteiger charge is 2.49. The molecule has 2 aromatic rings. The van der Waals surface area contributed by atoms with Crippen LogP contribution in [0, 0.1) is 13.8 Å². The molecule has 3 rings (SSSR count). The maximum absolute atomic E-state index is 13.2. The van der Waals surface area contributed by atoms with Gasteiger partial charge in [0.1, 0.15) is 5.54 Å². The van der Waals surface area contributed by atoms with Gasteiger partial charge in [-0.1, -0.05) is 56.6 Å². The van der Waals surface area contributed by atoms with E-state index >= 15 is 0 Å². The fourth-order valence-corrected chi connectivity index (χ4v) is 3.78. The number of halogens is 1. The number of amides is 3. The van der Waals surface area contributed by atoms with Crippen molar-refractivity contribution >= 4 is 23.5 Å². The molecular weight excluding hydrogens is 372 g/mol. The van der Waals surface area contributed by atoms with Gasteiger partial charge in [0.05, 0.1) is 6.54 Å². The zero-order chi connectivity index (χ0) is 20.9. The summed E-state index contributed by atoms with van der Waals surface area (Å²) in [5, 5.41) is 3.44. The van der Waals surface area contributed by atoms with Crippen LogP contribution in [0.2, 0.25) is 5.02 Å². The minimum atomic E-state index is -1.09. The molecule has 3 amide bonds. The predicted octanol–water partition coefficient (Wildman–Crippen LogP) is 5.22. The highest BCUT2D eigenvalue weighted by atomic mass is 35.5. The summed E-state index contributed by atoms with van der Waals surface area (Å²) in [6, 6.07) is 10.9. The Kier molecular flexibility index (Phi) is 5.05. The van der Waals surface area contributed by atoms with Crippen LogP contribution in [0.25, 0.3) is 0 Å².